The molecule has 0 bridgehead atoms. The van der Waals surface area contributed by atoms with Crippen molar-refractivity contribution in [2.24, 2.45) is 0 Å². The lowest BCUT2D eigenvalue weighted by molar-refractivity contribution is 0.102. The molecule has 0 aliphatic carbocycles. The first-order valence-corrected chi connectivity index (χ1v) is 9.33. The standard InChI is InChI=1S/C16H18IN3OS/c1-2-8-20-9-7-13-14(10-20)22-16(18-13)19-15(21)11-5-3-4-6-12(11)17/h3-6H,2,7-10H2,1H3,(H,18,19,21). The lowest BCUT2D eigenvalue weighted by Gasteiger charge is -2.24. The monoisotopic (exact) mass is 427 g/mol. The number of nitrogens with one attached hydrogen (secondary N) is 1. The Hall–Kier alpha value is -0.990. The number of hydrogen-bond donors (Lipinski definition) is 1. The van der Waals surface area contributed by atoms with Crippen LogP contribution in [-0.4, -0.2) is 28.9 Å². The lowest BCUT2D eigenvalue weighted by Crippen LogP contribution is -2.30. The van der Waals surface area contributed by atoms with Crippen LogP contribution in [0.3, 0.4) is 0 Å². The summed E-state index contributed by atoms with van der Waals surface area (Å²) in [6, 6.07) is 7.59. The third kappa shape index (κ3) is 3.49. The third-order valence-electron chi connectivity index (χ3n) is 3.69. The summed E-state index contributed by atoms with van der Waals surface area (Å²) in [5.74, 6) is -0.0819. The molecule has 0 atom stereocenters. The van der Waals surface area contributed by atoms with Crippen LogP contribution in [0.5, 0.6) is 0 Å². The second-order valence-electron chi connectivity index (χ2n) is 5.35. The van der Waals surface area contributed by atoms with Crippen LogP contribution < -0.4 is 5.32 Å². The van der Waals surface area contributed by atoms with E-state index in [2.05, 4.69) is 44.7 Å². The molecule has 1 aromatic heterocycles. The Morgan fingerprint density at radius 3 is 3.05 bits per heavy atom. The van der Waals surface area contributed by atoms with E-state index in [0.717, 1.165) is 35.3 Å². The quantitative estimate of drug-likeness (QED) is 0.756. The highest BCUT2D eigenvalue weighted by atomic mass is 127. The van der Waals surface area contributed by atoms with Gasteiger partial charge in [-0.05, 0) is 47.7 Å². The van der Waals surface area contributed by atoms with Gasteiger partial charge in [0.15, 0.2) is 5.13 Å². The van der Waals surface area contributed by atoms with E-state index in [4.69, 9.17) is 0 Å². The summed E-state index contributed by atoms with van der Waals surface area (Å²) in [5.41, 5.74) is 1.85. The maximum atomic E-state index is 12.4. The normalized spacial score (nSPS) is 14.6. The van der Waals surface area contributed by atoms with Crippen molar-refractivity contribution in [2.45, 2.75) is 26.3 Å². The van der Waals surface area contributed by atoms with Crippen molar-refractivity contribution in [3.05, 3.63) is 44.0 Å². The van der Waals surface area contributed by atoms with E-state index in [1.54, 1.807) is 11.3 Å². The molecule has 22 heavy (non-hydrogen) atoms. The fraction of sp³-hybridized carbons (Fsp3) is 0.375. The zero-order chi connectivity index (χ0) is 15.5. The molecule has 0 radical (unpaired) electrons. The first-order valence-electron chi connectivity index (χ1n) is 7.44. The fourth-order valence-corrected chi connectivity index (χ4v) is 4.30. The topological polar surface area (TPSA) is 45.2 Å². The van der Waals surface area contributed by atoms with Gasteiger partial charge in [-0.25, -0.2) is 4.98 Å². The second kappa shape index (κ2) is 7.06. The number of carbonyl (C=O) groups is 1. The van der Waals surface area contributed by atoms with E-state index >= 15 is 0 Å². The molecule has 1 N–H and O–H groups in total. The molecule has 2 heterocycles. The van der Waals surface area contributed by atoms with Gasteiger partial charge in [0.05, 0.1) is 11.3 Å². The number of benzene rings is 1. The van der Waals surface area contributed by atoms with Crippen LogP contribution in [0.15, 0.2) is 24.3 Å². The van der Waals surface area contributed by atoms with E-state index in [9.17, 15) is 4.79 Å². The molecule has 3 rings (SSSR count). The number of amides is 1. The highest BCUT2D eigenvalue weighted by Crippen LogP contribution is 2.28. The predicted octanol–water partition coefficient (Wildman–Crippen LogP) is 3.77. The predicted molar refractivity (Wildman–Crippen MR) is 98.5 cm³/mol. The molecule has 6 heteroatoms. The van der Waals surface area contributed by atoms with Gasteiger partial charge in [-0.1, -0.05) is 19.1 Å². The van der Waals surface area contributed by atoms with E-state index in [1.807, 2.05) is 24.3 Å². The van der Waals surface area contributed by atoms with Crippen molar-refractivity contribution in [1.82, 2.24) is 9.88 Å². The summed E-state index contributed by atoms with van der Waals surface area (Å²) in [6.07, 6.45) is 2.15. The first-order chi connectivity index (χ1) is 10.7. The van der Waals surface area contributed by atoms with Crippen LogP contribution in [0.4, 0.5) is 5.13 Å². The van der Waals surface area contributed by atoms with Gasteiger partial charge in [-0.15, -0.1) is 11.3 Å². The molecule has 4 nitrogen and oxygen atoms in total. The Labute approximate surface area is 148 Å². The van der Waals surface area contributed by atoms with Crippen molar-refractivity contribution in [2.75, 3.05) is 18.4 Å². The van der Waals surface area contributed by atoms with Gasteiger partial charge in [0.2, 0.25) is 0 Å². The SMILES string of the molecule is CCCN1CCc2nc(NC(=O)c3ccccc3I)sc2C1. The van der Waals surface area contributed by atoms with E-state index < -0.39 is 0 Å². The molecule has 0 fully saturated rings. The average molecular weight is 427 g/mol. The lowest BCUT2D eigenvalue weighted by atomic mass is 10.2. The number of carbonyl (C=O) groups excluding carboxylic acids is 1. The number of anilines is 1. The van der Waals surface area contributed by atoms with Gasteiger partial charge in [0.25, 0.3) is 5.91 Å². The summed E-state index contributed by atoms with van der Waals surface area (Å²) >= 11 is 3.79. The van der Waals surface area contributed by atoms with Gasteiger partial charge in [-0.3, -0.25) is 15.0 Å². The molecule has 2 aromatic rings. The minimum absolute atomic E-state index is 0.0819. The molecule has 1 aliphatic rings. The van der Waals surface area contributed by atoms with Crippen LogP contribution in [0.2, 0.25) is 0 Å². The third-order valence-corrected chi connectivity index (χ3v) is 5.63. The van der Waals surface area contributed by atoms with Crippen LogP contribution in [0.1, 0.15) is 34.3 Å². The smallest absolute Gasteiger partial charge is 0.258 e. The van der Waals surface area contributed by atoms with E-state index in [-0.39, 0.29) is 5.91 Å². The highest BCUT2D eigenvalue weighted by molar-refractivity contribution is 14.1. The van der Waals surface area contributed by atoms with Crippen LogP contribution in [0, 0.1) is 3.57 Å². The maximum Gasteiger partial charge on any atom is 0.258 e. The molecular weight excluding hydrogens is 409 g/mol. The van der Waals surface area contributed by atoms with Gasteiger partial charge in [-0.2, -0.15) is 0 Å². The summed E-state index contributed by atoms with van der Waals surface area (Å²) in [5, 5.41) is 3.66. The minimum atomic E-state index is -0.0819. The highest BCUT2D eigenvalue weighted by Gasteiger charge is 2.21. The zero-order valence-electron chi connectivity index (χ0n) is 12.4. The van der Waals surface area contributed by atoms with Gasteiger partial charge in [0, 0.05) is 28.0 Å². The number of halogens is 1. The van der Waals surface area contributed by atoms with Crippen molar-refractivity contribution in [3.8, 4) is 0 Å². The van der Waals surface area contributed by atoms with E-state index in [0.29, 0.717) is 10.7 Å². The summed E-state index contributed by atoms with van der Waals surface area (Å²) in [4.78, 5) is 20.7. The fourth-order valence-electron chi connectivity index (χ4n) is 2.62. The van der Waals surface area contributed by atoms with Gasteiger partial charge < -0.3 is 0 Å². The number of hydrogen-bond acceptors (Lipinski definition) is 4. The van der Waals surface area contributed by atoms with Crippen LogP contribution in [0.25, 0.3) is 0 Å². The zero-order valence-corrected chi connectivity index (χ0v) is 15.4. The Balaban J connectivity index is 1.72. The Bertz CT molecular complexity index is 686. The molecule has 116 valence electrons. The van der Waals surface area contributed by atoms with Crippen molar-refractivity contribution in [3.63, 3.8) is 0 Å². The van der Waals surface area contributed by atoms with E-state index in [1.165, 1.54) is 11.3 Å². The molecule has 0 saturated carbocycles. The van der Waals surface area contributed by atoms with Gasteiger partial charge >= 0.3 is 0 Å². The number of fused-ring (bicyclic) bond motifs is 1. The average Bonchev–Trinajstić information content (AvgIpc) is 2.89. The minimum Gasteiger partial charge on any atom is -0.298 e. The second-order valence-corrected chi connectivity index (χ2v) is 7.59. The molecule has 1 aliphatic heterocycles. The molecule has 1 aromatic carbocycles. The maximum absolute atomic E-state index is 12.4. The van der Waals surface area contributed by atoms with Crippen molar-refractivity contribution >= 4 is 45.0 Å². The number of thiazole rings is 1. The molecule has 0 spiro atoms. The number of rotatable bonds is 4. The Kier molecular flexibility index (Phi) is 5.10. The summed E-state index contributed by atoms with van der Waals surface area (Å²) in [7, 11) is 0. The van der Waals surface area contributed by atoms with Crippen molar-refractivity contribution < 1.29 is 4.79 Å². The summed E-state index contributed by atoms with van der Waals surface area (Å²) in [6.45, 7) is 5.35. The largest absolute Gasteiger partial charge is 0.298 e. The first kappa shape index (κ1) is 15.9. The Morgan fingerprint density at radius 2 is 2.27 bits per heavy atom. The van der Waals surface area contributed by atoms with Crippen LogP contribution in [-0.2, 0) is 13.0 Å². The molecular formula is C16H18IN3OS. The molecule has 0 saturated heterocycles. The molecule has 0 unspecified atom stereocenters. The van der Waals surface area contributed by atoms with Crippen LogP contribution >= 0.6 is 33.9 Å². The van der Waals surface area contributed by atoms with Crippen molar-refractivity contribution in [1.29, 1.82) is 0 Å². The molecule has 1 amide bonds. The van der Waals surface area contributed by atoms with Gasteiger partial charge in [0.1, 0.15) is 0 Å². The Morgan fingerprint density at radius 1 is 1.45 bits per heavy atom. The number of nitrogens with zero attached hydrogens (tertiary/aromatic N) is 2. The summed E-state index contributed by atoms with van der Waals surface area (Å²) < 4.78 is 0.952. The number of aromatic nitrogens is 1.